The van der Waals surface area contributed by atoms with E-state index in [0.29, 0.717) is 25.3 Å². The number of nitrogens with zero attached hydrogens (tertiary/aromatic N) is 1. The van der Waals surface area contributed by atoms with Crippen molar-refractivity contribution in [3.05, 3.63) is 35.4 Å². The lowest BCUT2D eigenvalue weighted by Gasteiger charge is -2.32. The van der Waals surface area contributed by atoms with Gasteiger partial charge in [0, 0.05) is 32.2 Å². The van der Waals surface area contributed by atoms with Gasteiger partial charge in [0.05, 0.1) is 6.61 Å². The summed E-state index contributed by atoms with van der Waals surface area (Å²) in [5, 5.41) is 8.89. The zero-order valence-corrected chi connectivity index (χ0v) is 12.2. The van der Waals surface area contributed by atoms with Crippen LogP contribution < -0.4 is 0 Å². The smallest absolute Gasteiger partial charge is 0.303 e. The Bertz CT molecular complexity index is 515. The first-order valence-electron chi connectivity index (χ1n) is 7.19. The molecule has 0 saturated carbocycles. The van der Waals surface area contributed by atoms with Crippen molar-refractivity contribution in [3.8, 4) is 0 Å². The molecule has 1 N–H and O–H groups in total. The lowest BCUT2D eigenvalue weighted by Crippen LogP contribution is -2.40. The van der Waals surface area contributed by atoms with Crippen LogP contribution in [-0.2, 0) is 16.1 Å². The number of benzene rings is 1. The number of carbonyl (C=O) groups excluding carboxylic acids is 1. The lowest BCUT2D eigenvalue weighted by molar-refractivity contribution is -0.138. The summed E-state index contributed by atoms with van der Waals surface area (Å²) < 4.78 is 5.08. The molecular formula is C16H21NO4. The maximum atomic E-state index is 12.5. The molecule has 114 valence electrons. The molecular weight excluding hydrogens is 270 g/mol. The minimum Gasteiger partial charge on any atom is -0.481 e. The Labute approximate surface area is 124 Å². The number of amides is 1. The predicted molar refractivity (Wildman–Crippen MR) is 78.0 cm³/mol. The highest BCUT2D eigenvalue weighted by Crippen LogP contribution is 2.21. The molecule has 0 radical (unpaired) electrons. The van der Waals surface area contributed by atoms with Gasteiger partial charge in [-0.2, -0.15) is 0 Å². The number of rotatable bonds is 5. The van der Waals surface area contributed by atoms with Crippen molar-refractivity contribution < 1.29 is 19.4 Å². The van der Waals surface area contributed by atoms with Crippen molar-refractivity contribution in [1.82, 2.24) is 4.90 Å². The van der Waals surface area contributed by atoms with Crippen molar-refractivity contribution in [2.45, 2.75) is 25.9 Å². The van der Waals surface area contributed by atoms with Gasteiger partial charge in [0.25, 0.3) is 5.91 Å². The number of piperidine rings is 1. The van der Waals surface area contributed by atoms with Crippen LogP contribution in [-0.4, -0.2) is 42.1 Å². The fraction of sp³-hybridized carbons (Fsp3) is 0.500. The van der Waals surface area contributed by atoms with E-state index in [2.05, 4.69) is 0 Å². The zero-order valence-electron chi connectivity index (χ0n) is 12.2. The second-order valence-corrected chi connectivity index (χ2v) is 5.49. The first-order chi connectivity index (χ1) is 10.1. The number of aliphatic carboxylic acids is 1. The van der Waals surface area contributed by atoms with Gasteiger partial charge in [-0.15, -0.1) is 0 Å². The van der Waals surface area contributed by atoms with Crippen LogP contribution in [0, 0.1) is 5.92 Å². The van der Waals surface area contributed by atoms with Crippen LogP contribution in [0.25, 0.3) is 0 Å². The topological polar surface area (TPSA) is 66.8 Å². The normalized spacial score (nSPS) is 18.5. The van der Waals surface area contributed by atoms with Crippen LogP contribution in [0.1, 0.15) is 35.2 Å². The quantitative estimate of drug-likeness (QED) is 0.902. The standard InChI is InChI=1S/C16H21NO4/c1-21-11-13-4-2-6-14(8-13)16(20)17-7-3-5-12(10-17)9-15(18)19/h2,4,6,8,12H,3,5,7,9-11H2,1H3,(H,18,19). The third-order valence-electron chi connectivity index (χ3n) is 3.75. The lowest BCUT2D eigenvalue weighted by atomic mass is 9.94. The molecule has 1 saturated heterocycles. The van der Waals surface area contributed by atoms with E-state index in [0.717, 1.165) is 18.4 Å². The van der Waals surface area contributed by atoms with Crippen molar-refractivity contribution in [2.24, 2.45) is 5.92 Å². The van der Waals surface area contributed by atoms with Gasteiger partial charge in [-0.05, 0) is 36.5 Å². The monoisotopic (exact) mass is 291 g/mol. The van der Waals surface area contributed by atoms with Crippen LogP contribution >= 0.6 is 0 Å². The summed E-state index contributed by atoms with van der Waals surface area (Å²) >= 11 is 0. The first-order valence-corrected chi connectivity index (χ1v) is 7.19. The van der Waals surface area contributed by atoms with Crippen LogP contribution in [0.5, 0.6) is 0 Å². The van der Waals surface area contributed by atoms with E-state index in [1.54, 1.807) is 18.1 Å². The molecule has 2 rings (SSSR count). The second-order valence-electron chi connectivity index (χ2n) is 5.49. The van der Waals surface area contributed by atoms with E-state index in [9.17, 15) is 9.59 Å². The number of carbonyl (C=O) groups is 2. The average Bonchev–Trinajstić information content (AvgIpc) is 2.47. The second kappa shape index (κ2) is 7.22. The Morgan fingerprint density at radius 2 is 2.24 bits per heavy atom. The number of ether oxygens (including phenoxy) is 1. The molecule has 5 nitrogen and oxygen atoms in total. The van der Waals surface area contributed by atoms with Gasteiger partial charge in [0.2, 0.25) is 0 Å². The summed E-state index contributed by atoms with van der Waals surface area (Å²) in [5.41, 5.74) is 1.60. The molecule has 1 aromatic carbocycles. The van der Waals surface area contributed by atoms with Gasteiger partial charge in [-0.1, -0.05) is 12.1 Å². The molecule has 0 aromatic heterocycles. The maximum absolute atomic E-state index is 12.5. The number of likely N-dealkylation sites (tertiary alicyclic amines) is 1. The fourth-order valence-electron chi connectivity index (χ4n) is 2.81. The van der Waals surface area contributed by atoms with Gasteiger partial charge in [0.1, 0.15) is 0 Å². The van der Waals surface area contributed by atoms with Gasteiger partial charge < -0.3 is 14.7 Å². The summed E-state index contributed by atoms with van der Waals surface area (Å²) in [4.78, 5) is 25.1. The Balaban J connectivity index is 2.04. The Hall–Kier alpha value is -1.88. The fourth-order valence-corrected chi connectivity index (χ4v) is 2.81. The molecule has 0 bridgehead atoms. The molecule has 1 fully saturated rings. The largest absolute Gasteiger partial charge is 0.481 e. The van der Waals surface area contributed by atoms with Gasteiger partial charge in [-0.3, -0.25) is 9.59 Å². The third kappa shape index (κ3) is 4.29. The average molecular weight is 291 g/mol. The Morgan fingerprint density at radius 3 is 2.95 bits per heavy atom. The molecule has 1 unspecified atom stereocenters. The molecule has 0 spiro atoms. The molecule has 1 aliphatic rings. The molecule has 1 atom stereocenters. The van der Waals surface area contributed by atoms with Crippen molar-refractivity contribution >= 4 is 11.9 Å². The maximum Gasteiger partial charge on any atom is 0.303 e. The van der Waals surface area contributed by atoms with Gasteiger partial charge in [0.15, 0.2) is 0 Å². The van der Waals surface area contributed by atoms with E-state index >= 15 is 0 Å². The molecule has 1 amide bonds. The molecule has 0 aliphatic carbocycles. The van der Waals surface area contributed by atoms with Crippen LogP contribution in [0.15, 0.2) is 24.3 Å². The van der Waals surface area contributed by atoms with E-state index in [-0.39, 0.29) is 18.2 Å². The van der Waals surface area contributed by atoms with Crippen molar-refractivity contribution in [1.29, 1.82) is 0 Å². The van der Waals surface area contributed by atoms with Crippen molar-refractivity contribution in [2.75, 3.05) is 20.2 Å². The summed E-state index contributed by atoms with van der Waals surface area (Å²) in [6.07, 6.45) is 1.87. The summed E-state index contributed by atoms with van der Waals surface area (Å²) in [6.45, 7) is 1.70. The van der Waals surface area contributed by atoms with Crippen LogP contribution in [0.2, 0.25) is 0 Å². The highest BCUT2D eigenvalue weighted by atomic mass is 16.5. The van der Waals surface area contributed by atoms with E-state index < -0.39 is 5.97 Å². The third-order valence-corrected chi connectivity index (χ3v) is 3.75. The Kier molecular flexibility index (Phi) is 5.33. The minimum absolute atomic E-state index is 0.0250. The van der Waals surface area contributed by atoms with E-state index in [1.165, 1.54) is 0 Å². The van der Waals surface area contributed by atoms with Crippen LogP contribution in [0.4, 0.5) is 0 Å². The highest BCUT2D eigenvalue weighted by Gasteiger charge is 2.25. The summed E-state index contributed by atoms with van der Waals surface area (Å²) in [7, 11) is 1.62. The molecule has 5 heteroatoms. The number of hydrogen-bond acceptors (Lipinski definition) is 3. The highest BCUT2D eigenvalue weighted by molar-refractivity contribution is 5.94. The molecule has 1 heterocycles. The Morgan fingerprint density at radius 1 is 1.43 bits per heavy atom. The number of carboxylic acids is 1. The summed E-state index contributed by atoms with van der Waals surface area (Å²) in [6, 6.07) is 7.40. The number of hydrogen-bond donors (Lipinski definition) is 1. The van der Waals surface area contributed by atoms with Gasteiger partial charge in [-0.25, -0.2) is 0 Å². The first kappa shape index (κ1) is 15.5. The SMILES string of the molecule is COCc1cccc(C(=O)N2CCCC(CC(=O)O)C2)c1. The molecule has 21 heavy (non-hydrogen) atoms. The van der Waals surface area contributed by atoms with Crippen molar-refractivity contribution in [3.63, 3.8) is 0 Å². The van der Waals surface area contributed by atoms with Gasteiger partial charge >= 0.3 is 5.97 Å². The number of carboxylic acid groups (broad SMARTS) is 1. The molecule has 1 aliphatic heterocycles. The zero-order chi connectivity index (χ0) is 15.2. The minimum atomic E-state index is -0.795. The van der Waals surface area contributed by atoms with E-state index in [1.807, 2.05) is 18.2 Å². The summed E-state index contributed by atoms with van der Waals surface area (Å²) in [5.74, 6) is -0.762. The number of methoxy groups -OCH3 is 1. The van der Waals surface area contributed by atoms with E-state index in [4.69, 9.17) is 9.84 Å². The predicted octanol–water partition coefficient (Wildman–Crippen LogP) is 2.16. The van der Waals surface area contributed by atoms with Crippen LogP contribution in [0.3, 0.4) is 0 Å². The molecule has 1 aromatic rings.